The summed E-state index contributed by atoms with van der Waals surface area (Å²) in [6.07, 6.45) is -3.43. The number of nitrogens with zero attached hydrogens (tertiary/aromatic N) is 2. The van der Waals surface area contributed by atoms with E-state index in [1.165, 1.54) is 12.1 Å². The maximum Gasteiger partial charge on any atom is 0.416 e. The molecule has 2 aromatic carbocycles. The van der Waals surface area contributed by atoms with E-state index in [1.807, 2.05) is 30.3 Å². The van der Waals surface area contributed by atoms with Crippen LogP contribution in [0.2, 0.25) is 0 Å². The smallest absolute Gasteiger partial charge is 0.355 e. The third-order valence-electron chi connectivity index (χ3n) is 5.28. The van der Waals surface area contributed by atoms with Crippen molar-refractivity contribution in [2.24, 2.45) is 0 Å². The molecule has 1 aliphatic heterocycles. The largest absolute Gasteiger partial charge is 0.416 e. The zero-order chi connectivity index (χ0) is 20.4. The number of carbonyl (C=O) groups is 1. The number of hydrogen-bond acceptors (Lipinski definition) is 3. The van der Waals surface area contributed by atoms with Gasteiger partial charge in [-0.25, -0.2) is 0 Å². The van der Waals surface area contributed by atoms with Gasteiger partial charge >= 0.3 is 6.18 Å². The van der Waals surface area contributed by atoms with Crippen LogP contribution in [0.25, 0.3) is 11.3 Å². The molecule has 29 heavy (non-hydrogen) atoms. The van der Waals surface area contributed by atoms with Crippen LogP contribution < -0.4 is 0 Å². The maximum atomic E-state index is 13.3. The number of halogens is 3. The lowest BCUT2D eigenvalue weighted by atomic mass is 9.86. The SMILES string of the molecule is O=C(c1cc(-c2ccccc2)on1)N1CCC(c2ccccc2C(F)(F)F)CC1. The second kappa shape index (κ2) is 7.73. The number of rotatable bonds is 3. The van der Waals surface area contributed by atoms with E-state index < -0.39 is 11.7 Å². The van der Waals surface area contributed by atoms with E-state index in [1.54, 1.807) is 17.0 Å². The van der Waals surface area contributed by atoms with E-state index >= 15 is 0 Å². The first-order valence-corrected chi connectivity index (χ1v) is 9.41. The molecule has 1 aliphatic rings. The van der Waals surface area contributed by atoms with Crippen LogP contribution >= 0.6 is 0 Å². The van der Waals surface area contributed by atoms with Crippen molar-refractivity contribution < 1.29 is 22.5 Å². The highest BCUT2D eigenvalue weighted by atomic mass is 19.4. The molecule has 0 N–H and O–H groups in total. The van der Waals surface area contributed by atoms with Crippen LogP contribution in [0.5, 0.6) is 0 Å². The summed E-state index contributed by atoms with van der Waals surface area (Å²) in [5.41, 5.74) is 0.744. The van der Waals surface area contributed by atoms with E-state index in [9.17, 15) is 18.0 Å². The molecule has 2 heterocycles. The molecular weight excluding hydrogens is 381 g/mol. The van der Waals surface area contributed by atoms with Gasteiger partial charge in [-0.2, -0.15) is 13.2 Å². The molecule has 7 heteroatoms. The molecule has 0 bridgehead atoms. The number of aromatic nitrogens is 1. The van der Waals surface area contributed by atoms with Gasteiger partial charge in [0.25, 0.3) is 5.91 Å². The monoisotopic (exact) mass is 400 g/mol. The summed E-state index contributed by atoms with van der Waals surface area (Å²) < 4.78 is 45.1. The fraction of sp³-hybridized carbons (Fsp3) is 0.273. The quantitative estimate of drug-likeness (QED) is 0.593. The fourth-order valence-electron chi connectivity index (χ4n) is 3.78. The van der Waals surface area contributed by atoms with Gasteiger partial charge in [0.2, 0.25) is 0 Å². The minimum absolute atomic E-state index is 0.206. The zero-order valence-electron chi connectivity index (χ0n) is 15.5. The van der Waals surface area contributed by atoms with Gasteiger partial charge in [0.05, 0.1) is 5.56 Å². The third-order valence-corrected chi connectivity index (χ3v) is 5.28. The molecule has 4 nitrogen and oxygen atoms in total. The lowest BCUT2D eigenvalue weighted by Gasteiger charge is -2.32. The summed E-state index contributed by atoms with van der Waals surface area (Å²) in [4.78, 5) is 14.4. The molecule has 1 saturated heterocycles. The fourth-order valence-corrected chi connectivity index (χ4v) is 3.78. The Hall–Kier alpha value is -3.09. The Kier molecular flexibility index (Phi) is 5.13. The second-order valence-electron chi connectivity index (χ2n) is 7.09. The van der Waals surface area contributed by atoms with Crippen LogP contribution in [0.3, 0.4) is 0 Å². The Morgan fingerprint density at radius 3 is 2.34 bits per heavy atom. The van der Waals surface area contributed by atoms with Crippen LogP contribution in [0.15, 0.2) is 65.2 Å². The molecule has 0 atom stereocenters. The summed E-state index contributed by atoms with van der Waals surface area (Å²) >= 11 is 0. The average Bonchev–Trinajstić information content (AvgIpc) is 3.24. The summed E-state index contributed by atoms with van der Waals surface area (Å²) in [7, 11) is 0. The molecular formula is C22H19F3N2O2. The van der Waals surface area contributed by atoms with E-state index in [4.69, 9.17) is 4.52 Å². The van der Waals surface area contributed by atoms with Gasteiger partial charge < -0.3 is 9.42 Å². The Balaban J connectivity index is 1.44. The molecule has 1 amide bonds. The van der Waals surface area contributed by atoms with Gasteiger partial charge in [0.15, 0.2) is 11.5 Å². The van der Waals surface area contributed by atoms with Crippen molar-refractivity contribution in [2.75, 3.05) is 13.1 Å². The van der Waals surface area contributed by atoms with E-state index in [0.29, 0.717) is 37.3 Å². The van der Waals surface area contributed by atoms with Gasteiger partial charge in [0, 0.05) is 24.7 Å². The normalized spacial score (nSPS) is 15.5. The van der Waals surface area contributed by atoms with Crippen molar-refractivity contribution in [2.45, 2.75) is 24.9 Å². The number of benzene rings is 2. The van der Waals surface area contributed by atoms with Gasteiger partial charge in [-0.15, -0.1) is 0 Å². The predicted octanol–water partition coefficient (Wildman–Crippen LogP) is 5.38. The molecule has 0 spiro atoms. The van der Waals surface area contributed by atoms with Crippen LogP contribution in [-0.2, 0) is 6.18 Å². The van der Waals surface area contributed by atoms with Gasteiger partial charge in [-0.3, -0.25) is 4.79 Å². The number of hydrogen-bond donors (Lipinski definition) is 0. The Labute approximate surface area is 165 Å². The minimum Gasteiger partial charge on any atom is -0.355 e. The van der Waals surface area contributed by atoms with Crippen molar-refractivity contribution in [1.29, 1.82) is 0 Å². The standard InChI is InChI=1S/C22H19F3N2O2/c23-22(24,25)18-9-5-4-8-17(18)15-10-12-27(13-11-15)21(28)19-14-20(29-26-19)16-6-2-1-3-7-16/h1-9,14-15H,10-13H2. The van der Waals surface area contributed by atoms with Crippen LogP contribution in [-0.4, -0.2) is 29.1 Å². The van der Waals surface area contributed by atoms with Gasteiger partial charge in [-0.1, -0.05) is 53.7 Å². The Morgan fingerprint density at radius 1 is 1.00 bits per heavy atom. The number of amides is 1. The molecule has 0 saturated carbocycles. The van der Waals surface area contributed by atoms with Crippen molar-refractivity contribution in [3.05, 3.63) is 77.5 Å². The van der Waals surface area contributed by atoms with E-state index in [2.05, 4.69) is 5.16 Å². The van der Waals surface area contributed by atoms with Crippen LogP contribution in [0.1, 0.15) is 40.4 Å². The number of likely N-dealkylation sites (tertiary alicyclic amines) is 1. The van der Waals surface area contributed by atoms with Crippen LogP contribution in [0, 0.1) is 0 Å². The third kappa shape index (κ3) is 4.04. The molecule has 150 valence electrons. The maximum absolute atomic E-state index is 13.3. The second-order valence-corrected chi connectivity index (χ2v) is 7.09. The summed E-state index contributed by atoms with van der Waals surface area (Å²) in [6, 6.07) is 16.6. The molecule has 1 fully saturated rings. The van der Waals surface area contributed by atoms with Crippen molar-refractivity contribution in [3.63, 3.8) is 0 Å². The Bertz CT molecular complexity index is 991. The van der Waals surface area contributed by atoms with Crippen molar-refractivity contribution in [1.82, 2.24) is 10.1 Å². The molecule has 1 aromatic heterocycles. The zero-order valence-corrected chi connectivity index (χ0v) is 15.5. The van der Waals surface area contributed by atoms with Gasteiger partial charge in [-0.05, 0) is 30.4 Å². The number of alkyl halides is 3. The first kappa shape index (κ1) is 19.2. The highest BCUT2D eigenvalue weighted by Gasteiger charge is 2.36. The highest BCUT2D eigenvalue weighted by molar-refractivity contribution is 5.93. The average molecular weight is 400 g/mol. The Morgan fingerprint density at radius 2 is 1.66 bits per heavy atom. The van der Waals surface area contributed by atoms with Gasteiger partial charge in [0.1, 0.15) is 0 Å². The number of piperidine rings is 1. The van der Waals surface area contributed by atoms with Crippen molar-refractivity contribution in [3.8, 4) is 11.3 Å². The lowest BCUT2D eigenvalue weighted by Crippen LogP contribution is -2.38. The van der Waals surface area contributed by atoms with E-state index in [0.717, 1.165) is 11.6 Å². The molecule has 0 radical (unpaired) electrons. The molecule has 0 unspecified atom stereocenters. The topological polar surface area (TPSA) is 46.3 Å². The molecule has 0 aliphatic carbocycles. The minimum atomic E-state index is -4.38. The summed E-state index contributed by atoms with van der Waals surface area (Å²) in [6.45, 7) is 0.756. The van der Waals surface area contributed by atoms with Crippen LogP contribution in [0.4, 0.5) is 13.2 Å². The summed E-state index contributed by atoms with van der Waals surface area (Å²) in [5.74, 6) is 0.00971. The van der Waals surface area contributed by atoms with Crippen molar-refractivity contribution >= 4 is 5.91 Å². The molecule has 4 rings (SSSR count). The predicted molar refractivity (Wildman–Crippen MR) is 101 cm³/mol. The lowest BCUT2D eigenvalue weighted by molar-refractivity contribution is -0.138. The van der Waals surface area contributed by atoms with E-state index in [-0.39, 0.29) is 17.5 Å². The highest BCUT2D eigenvalue weighted by Crippen LogP contribution is 2.38. The number of carbonyl (C=O) groups excluding carboxylic acids is 1. The first-order chi connectivity index (χ1) is 13.9. The first-order valence-electron chi connectivity index (χ1n) is 9.41. The summed E-state index contributed by atoms with van der Waals surface area (Å²) in [5, 5.41) is 3.88. The molecule has 3 aromatic rings.